The summed E-state index contributed by atoms with van der Waals surface area (Å²) >= 11 is 1.02. The number of rotatable bonds is 8. The molecule has 1 aromatic carbocycles. The molecule has 1 unspecified atom stereocenters. The van der Waals surface area contributed by atoms with Crippen LogP contribution in [0.25, 0.3) is 11.3 Å². The predicted molar refractivity (Wildman–Crippen MR) is 102 cm³/mol. The number of carbonyl (C=O) groups is 1. The summed E-state index contributed by atoms with van der Waals surface area (Å²) in [4.78, 5) is 19.7. The lowest BCUT2D eigenvalue weighted by Gasteiger charge is -2.12. The zero-order valence-corrected chi connectivity index (χ0v) is 16.7. The van der Waals surface area contributed by atoms with Crippen LogP contribution in [-0.2, 0) is 11.0 Å². The van der Waals surface area contributed by atoms with Crippen molar-refractivity contribution in [2.45, 2.75) is 44.1 Å². The van der Waals surface area contributed by atoms with Crippen molar-refractivity contribution in [1.82, 2.24) is 15.3 Å². The highest BCUT2D eigenvalue weighted by molar-refractivity contribution is 7.99. The number of methoxy groups -OCH3 is 1. The van der Waals surface area contributed by atoms with Gasteiger partial charge in [-0.05, 0) is 43.7 Å². The van der Waals surface area contributed by atoms with Crippen LogP contribution in [0.3, 0.4) is 0 Å². The van der Waals surface area contributed by atoms with E-state index >= 15 is 0 Å². The molecule has 0 spiro atoms. The second kappa shape index (κ2) is 9.77. The number of benzene rings is 1. The molecule has 0 aliphatic rings. The summed E-state index contributed by atoms with van der Waals surface area (Å²) < 4.78 is 44.8. The first kappa shape index (κ1) is 22.0. The normalized spacial score (nSPS) is 12.5. The molecule has 1 heterocycles. The summed E-state index contributed by atoms with van der Waals surface area (Å²) in [7, 11) is 1.51. The molecule has 1 aromatic heterocycles. The first-order chi connectivity index (χ1) is 13.2. The van der Waals surface area contributed by atoms with E-state index in [1.165, 1.54) is 7.11 Å². The van der Waals surface area contributed by atoms with Crippen LogP contribution in [0.15, 0.2) is 35.5 Å². The number of amides is 1. The monoisotopic (exact) mass is 413 g/mol. The summed E-state index contributed by atoms with van der Waals surface area (Å²) in [6, 6.07) is 7.55. The van der Waals surface area contributed by atoms with E-state index in [1.807, 2.05) is 13.8 Å². The van der Waals surface area contributed by atoms with Gasteiger partial charge in [-0.2, -0.15) is 13.2 Å². The lowest BCUT2D eigenvalue weighted by atomic mass is 10.1. The molecule has 2 rings (SSSR count). The van der Waals surface area contributed by atoms with E-state index in [-0.39, 0.29) is 35.0 Å². The Labute approximate surface area is 166 Å². The van der Waals surface area contributed by atoms with Gasteiger partial charge in [0.1, 0.15) is 11.4 Å². The second-order valence-electron chi connectivity index (χ2n) is 6.12. The summed E-state index contributed by atoms with van der Waals surface area (Å²) in [5.74, 6) is 0.728. The molecule has 0 aliphatic heterocycles. The van der Waals surface area contributed by atoms with Crippen molar-refractivity contribution in [3.8, 4) is 17.0 Å². The molecule has 28 heavy (non-hydrogen) atoms. The van der Waals surface area contributed by atoms with E-state index in [9.17, 15) is 18.0 Å². The molecule has 5 nitrogen and oxygen atoms in total. The van der Waals surface area contributed by atoms with Gasteiger partial charge in [-0.1, -0.05) is 18.7 Å². The van der Waals surface area contributed by atoms with Gasteiger partial charge in [-0.3, -0.25) is 4.79 Å². The van der Waals surface area contributed by atoms with Crippen molar-refractivity contribution in [2.24, 2.45) is 0 Å². The highest BCUT2D eigenvalue weighted by atomic mass is 32.2. The first-order valence-corrected chi connectivity index (χ1v) is 9.74. The molecule has 0 saturated heterocycles. The van der Waals surface area contributed by atoms with Crippen LogP contribution in [0.2, 0.25) is 0 Å². The maximum Gasteiger partial charge on any atom is 0.433 e. The quantitative estimate of drug-likeness (QED) is 0.507. The van der Waals surface area contributed by atoms with Crippen molar-refractivity contribution in [1.29, 1.82) is 0 Å². The summed E-state index contributed by atoms with van der Waals surface area (Å²) in [5.41, 5.74) is -0.332. The number of ether oxygens (including phenoxy) is 1. The van der Waals surface area contributed by atoms with Crippen LogP contribution in [0.1, 0.15) is 32.4 Å². The molecule has 0 aliphatic carbocycles. The minimum absolute atomic E-state index is 0.0167. The van der Waals surface area contributed by atoms with E-state index in [1.54, 1.807) is 24.3 Å². The Morgan fingerprint density at radius 1 is 1.25 bits per heavy atom. The van der Waals surface area contributed by atoms with Crippen LogP contribution in [-0.4, -0.2) is 34.8 Å². The van der Waals surface area contributed by atoms with Crippen LogP contribution >= 0.6 is 11.8 Å². The average molecular weight is 413 g/mol. The smallest absolute Gasteiger partial charge is 0.433 e. The number of halogens is 3. The Hall–Kier alpha value is -2.29. The number of nitrogens with one attached hydrogen (secondary N) is 1. The zero-order chi connectivity index (χ0) is 20.7. The molecule has 1 N–H and O–H groups in total. The molecule has 1 amide bonds. The number of aromatic nitrogens is 2. The molecular weight excluding hydrogens is 391 g/mol. The van der Waals surface area contributed by atoms with Crippen molar-refractivity contribution in [2.75, 3.05) is 12.9 Å². The van der Waals surface area contributed by atoms with Crippen molar-refractivity contribution in [3.63, 3.8) is 0 Å². The molecular formula is C19H22F3N3O2S. The van der Waals surface area contributed by atoms with Crippen molar-refractivity contribution in [3.05, 3.63) is 36.0 Å². The minimum atomic E-state index is -4.59. The number of hydrogen-bond donors (Lipinski definition) is 1. The van der Waals surface area contributed by atoms with E-state index in [0.717, 1.165) is 24.2 Å². The van der Waals surface area contributed by atoms with Crippen molar-refractivity contribution >= 4 is 17.7 Å². The van der Waals surface area contributed by atoms with E-state index in [0.29, 0.717) is 11.3 Å². The van der Waals surface area contributed by atoms with Gasteiger partial charge in [0.15, 0.2) is 5.16 Å². The Morgan fingerprint density at radius 3 is 2.50 bits per heavy atom. The van der Waals surface area contributed by atoms with Gasteiger partial charge in [-0.25, -0.2) is 9.97 Å². The standard InChI is InChI=1S/C19H22F3N3O2S/c1-4-12(2)23-17(26)9-10-28-18-24-15(11-16(25-18)19(20,21)22)13-5-7-14(27-3)8-6-13/h5-8,11-12H,4,9-10H2,1-3H3,(H,23,26). The SMILES string of the molecule is CCC(C)NC(=O)CCSc1nc(-c2ccc(OC)cc2)cc(C(F)(F)F)n1. The van der Waals surface area contributed by atoms with Crippen LogP contribution < -0.4 is 10.1 Å². The molecule has 0 fully saturated rings. The van der Waals surface area contributed by atoms with Gasteiger partial charge in [0.05, 0.1) is 12.8 Å². The Balaban J connectivity index is 2.18. The fourth-order valence-corrected chi connectivity index (χ4v) is 3.02. The van der Waals surface area contributed by atoms with Crippen molar-refractivity contribution < 1.29 is 22.7 Å². The van der Waals surface area contributed by atoms with E-state index in [4.69, 9.17) is 4.74 Å². The molecule has 0 saturated carbocycles. The number of carbonyl (C=O) groups excluding carboxylic acids is 1. The maximum absolute atomic E-state index is 13.2. The van der Waals surface area contributed by atoms with Gasteiger partial charge in [0, 0.05) is 23.8 Å². The van der Waals surface area contributed by atoms with Gasteiger partial charge in [0.2, 0.25) is 5.91 Å². The zero-order valence-electron chi connectivity index (χ0n) is 15.8. The maximum atomic E-state index is 13.2. The van der Waals surface area contributed by atoms with E-state index in [2.05, 4.69) is 15.3 Å². The molecule has 0 bridgehead atoms. The van der Waals surface area contributed by atoms with Gasteiger partial charge in [0.25, 0.3) is 0 Å². The fraction of sp³-hybridized carbons (Fsp3) is 0.421. The second-order valence-corrected chi connectivity index (χ2v) is 7.18. The Kier molecular flexibility index (Phi) is 7.68. The Bertz CT molecular complexity index is 798. The number of hydrogen-bond acceptors (Lipinski definition) is 5. The third kappa shape index (κ3) is 6.40. The molecule has 2 aromatic rings. The van der Waals surface area contributed by atoms with E-state index < -0.39 is 11.9 Å². The molecule has 1 atom stereocenters. The number of thioether (sulfide) groups is 1. The summed E-state index contributed by atoms with van der Waals surface area (Å²) in [5, 5.41) is 2.80. The largest absolute Gasteiger partial charge is 0.497 e. The summed E-state index contributed by atoms with van der Waals surface area (Å²) in [6.07, 6.45) is -3.61. The molecule has 152 valence electrons. The van der Waals surface area contributed by atoms with Crippen LogP contribution in [0.4, 0.5) is 13.2 Å². The van der Waals surface area contributed by atoms with Crippen LogP contribution in [0.5, 0.6) is 5.75 Å². The highest BCUT2D eigenvalue weighted by Gasteiger charge is 2.33. The predicted octanol–water partition coefficient (Wildman–Crippen LogP) is 4.57. The van der Waals surface area contributed by atoms with Gasteiger partial charge >= 0.3 is 6.18 Å². The lowest BCUT2D eigenvalue weighted by molar-refractivity contribution is -0.141. The topological polar surface area (TPSA) is 64.1 Å². The average Bonchev–Trinajstić information content (AvgIpc) is 2.67. The molecule has 9 heteroatoms. The third-order valence-electron chi connectivity index (χ3n) is 3.96. The number of nitrogens with zero attached hydrogens (tertiary/aromatic N) is 2. The first-order valence-electron chi connectivity index (χ1n) is 8.75. The van der Waals surface area contributed by atoms with Gasteiger partial charge < -0.3 is 10.1 Å². The highest BCUT2D eigenvalue weighted by Crippen LogP contribution is 2.32. The summed E-state index contributed by atoms with van der Waals surface area (Å²) in [6.45, 7) is 3.85. The lowest BCUT2D eigenvalue weighted by Crippen LogP contribution is -2.32. The molecule has 0 radical (unpaired) electrons. The number of alkyl halides is 3. The fourth-order valence-electron chi connectivity index (χ4n) is 2.23. The minimum Gasteiger partial charge on any atom is -0.497 e. The van der Waals surface area contributed by atoms with Gasteiger partial charge in [-0.15, -0.1) is 0 Å². The third-order valence-corrected chi connectivity index (χ3v) is 4.81. The van der Waals surface area contributed by atoms with Crippen LogP contribution in [0, 0.1) is 0 Å². The Morgan fingerprint density at radius 2 is 1.93 bits per heavy atom.